The van der Waals surface area contributed by atoms with E-state index in [2.05, 4.69) is 10.1 Å². The molecule has 0 unspecified atom stereocenters. The summed E-state index contributed by atoms with van der Waals surface area (Å²) in [4.78, 5) is 37.5. The van der Waals surface area contributed by atoms with Gasteiger partial charge in [-0.1, -0.05) is 30.3 Å². The topological polar surface area (TPSA) is 84.9 Å². The molecule has 0 aromatic heterocycles. The SMILES string of the molecule is COC(=O)CCC(=O)N1CCC(Oc2ccc(C(=O)NCCc3ccccc3)cc2)CC1. The van der Waals surface area contributed by atoms with Crippen LogP contribution in [0.25, 0.3) is 0 Å². The van der Waals surface area contributed by atoms with E-state index < -0.39 is 0 Å². The van der Waals surface area contributed by atoms with E-state index in [4.69, 9.17) is 4.74 Å². The Hall–Kier alpha value is -3.35. The number of methoxy groups -OCH3 is 1. The summed E-state index contributed by atoms with van der Waals surface area (Å²) in [5.74, 6) is 0.203. The largest absolute Gasteiger partial charge is 0.490 e. The van der Waals surface area contributed by atoms with Crippen LogP contribution in [-0.4, -0.2) is 55.5 Å². The normalized spacial score (nSPS) is 14.0. The fourth-order valence-corrected chi connectivity index (χ4v) is 3.64. The molecule has 1 fully saturated rings. The van der Waals surface area contributed by atoms with Crippen LogP contribution in [0, 0.1) is 0 Å². The first-order chi connectivity index (χ1) is 15.5. The molecule has 0 bridgehead atoms. The van der Waals surface area contributed by atoms with Gasteiger partial charge in [0, 0.05) is 44.5 Å². The van der Waals surface area contributed by atoms with Crippen molar-refractivity contribution in [2.24, 2.45) is 0 Å². The zero-order valence-corrected chi connectivity index (χ0v) is 18.4. The van der Waals surface area contributed by atoms with E-state index in [1.54, 1.807) is 29.2 Å². The van der Waals surface area contributed by atoms with Crippen molar-refractivity contribution < 1.29 is 23.9 Å². The molecule has 0 atom stereocenters. The highest BCUT2D eigenvalue weighted by molar-refractivity contribution is 5.94. The Kier molecular flexibility index (Phi) is 8.66. The standard InChI is InChI=1S/C25H30N2O5/c1-31-24(29)12-11-23(28)27-17-14-22(15-18-27)32-21-9-7-20(8-10-21)25(30)26-16-13-19-5-3-2-4-6-19/h2-10,22H,11-18H2,1H3,(H,26,30). The summed E-state index contributed by atoms with van der Waals surface area (Å²) in [7, 11) is 1.32. The van der Waals surface area contributed by atoms with Gasteiger partial charge in [-0.3, -0.25) is 14.4 Å². The van der Waals surface area contributed by atoms with Crippen LogP contribution in [0.1, 0.15) is 41.6 Å². The van der Waals surface area contributed by atoms with Gasteiger partial charge in [-0.05, 0) is 36.2 Å². The van der Waals surface area contributed by atoms with Gasteiger partial charge in [-0.25, -0.2) is 0 Å². The molecule has 1 heterocycles. The number of nitrogens with zero attached hydrogens (tertiary/aromatic N) is 1. The number of benzene rings is 2. The highest BCUT2D eigenvalue weighted by Crippen LogP contribution is 2.20. The second-order valence-electron chi connectivity index (χ2n) is 7.79. The van der Waals surface area contributed by atoms with Crippen LogP contribution in [0.4, 0.5) is 0 Å². The zero-order valence-electron chi connectivity index (χ0n) is 18.4. The minimum absolute atomic E-state index is 0.0187. The minimum atomic E-state index is -0.370. The molecule has 1 N–H and O–H groups in total. The fourth-order valence-electron chi connectivity index (χ4n) is 3.64. The summed E-state index contributed by atoms with van der Waals surface area (Å²) < 4.78 is 10.6. The third kappa shape index (κ3) is 7.11. The summed E-state index contributed by atoms with van der Waals surface area (Å²) in [5, 5.41) is 2.94. The van der Waals surface area contributed by atoms with Gasteiger partial charge in [0.15, 0.2) is 0 Å². The van der Waals surface area contributed by atoms with E-state index >= 15 is 0 Å². The number of carbonyl (C=O) groups is 3. The van der Waals surface area contributed by atoms with Crippen LogP contribution >= 0.6 is 0 Å². The minimum Gasteiger partial charge on any atom is -0.490 e. The number of amides is 2. The molecular formula is C25H30N2O5. The predicted molar refractivity (Wildman–Crippen MR) is 120 cm³/mol. The van der Waals surface area contributed by atoms with Crippen LogP contribution in [-0.2, 0) is 20.7 Å². The van der Waals surface area contributed by atoms with E-state index in [1.807, 2.05) is 30.3 Å². The molecule has 1 saturated heterocycles. The molecule has 2 aromatic rings. The first-order valence-corrected chi connectivity index (χ1v) is 11.0. The Balaban J connectivity index is 1.38. The molecule has 32 heavy (non-hydrogen) atoms. The van der Waals surface area contributed by atoms with Gasteiger partial charge in [0.05, 0.1) is 13.5 Å². The van der Waals surface area contributed by atoms with E-state index in [9.17, 15) is 14.4 Å². The first-order valence-electron chi connectivity index (χ1n) is 11.0. The molecule has 0 spiro atoms. The lowest BCUT2D eigenvalue weighted by Crippen LogP contribution is -2.41. The third-order valence-electron chi connectivity index (χ3n) is 5.53. The smallest absolute Gasteiger partial charge is 0.306 e. The highest BCUT2D eigenvalue weighted by Gasteiger charge is 2.24. The average Bonchev–Trinajstić information content (AvgIpc) is 2.83. The second-order valence-corrected chi connectivity index (χ2v) is 7.79. The summed E-state index contributed by atoms with van der Waals surface area (Å²) in [6.07, 6.45) is 2.55. The number of piperidine rings is 1. The van der Waals surface area contributed by atoms with Crippen LogP contribution in [0.2, 0.25) is 0 Å². The Morgan fingerprint density at radius 2 is 1.66 bits per heavy atom. The molecular weight excluding hydrogens is 408 g/mol. The van der Waals surface area contributed by atoms with Gasteiger partial charge in [0.2, 0.25) is 5.91 Å². The fraction of sp³-hybridized carbons (Fsp3) is 0.400. The van der Waals surface area contributed by atoms with Gasteiger partial charge < -0.3 is 19.7 Å². The molecule has 1 aliphatic heterocycles. The molecule has 0 radical (unpaired) electrons. The van der Waals surface area contributed by atoms with Crippen LogP contribution in [0.3, 0.4) is 0 Å². The van der Waals surface area contributed by atoms with Crippen LogP contribution < -0.4 is 10.1 Å². The summed E-state index contributed by atoms with van der Waals surface area (Å²) in [6.45, 7) is 1.79. The number of rotatable bonds is 9. The quantitative estimate of drug-likeness (QED) is 0.609. The van der Waals surface area contributed by atoms with Gasteiger partial charge in [0.25, 0.3) is 5.91 Å². The number of hydrogen-bond acceptors (Lipinski definition) is 5. The van der Waals surface area contributed by atoms with E-state index in [0.717, 1.165) is 19.3 Å². The Labute approximate surface area is 188 Å². The van der Waals surface area contributed by atoms with Crippen molar-refractivity contribution >= 4 is 17.8 Å². The van der Waals surface area contributed by atoms with Crippen molar-refractivity contribution in [1.82, 2.24) is 10.2 Å². The number of nitrogens with one attached hydrogen (secondary N) is 1. The molecule has 2 amide bonds. The summed E-state index contributed by atoms with van der Waals surface area (Å²) in [5.41, 5.74) is 1.78. The maximum atomic E-state index is 12.3. The van der Waals surface area contributed by atoms with Crippen LogP contribution in [0.5, 0.6) is 5.75 Å². The van der Waals surface area contributed by atoms with Gasteiger partial charge in [0.1, 0.15) is 11.9 Å². The maximum Gasteiger partial charge on any atom is 0.306 e. The maximum absolute atomic E-state index is 12.3. The Bertz CT molecular complexity index is 890. The lowest BCUT2D eigenvalue weighted by Gasteiger charge is -2.32. The second kappa shape index (κ2) is 11.9. The molecule has 3 rings (SSSR count). The molecule has 7 nitrogen and oxygen atoms in total. The third-order valence-corrected chi connectivity index (χ3v) is 5.53. The van der Waals surface area contributed by atoms with Gasteiger partial charge >= 0.3 is 5.97 Å². The monoisotopic (exact) mass is 438 g/mol. The van der Waals surface area contributed by atoms with Gasteiger partial charge in [-0.15, -0.1) is 0 Å². The van der Waals surface area contributed by atoms with Crippen molar-refractivity contribution in [3.63, 3.8) is 0 Å². The molecule has 1 aliphatic rings. The van der Waals surface area contributed by atoms with Crippen molar-refractivity contribution in [3.8, 4) is 5.75 Å². The molecule has 170 valence electrons. The lowest BCUT2D eigenvalue weighted by molar-refractivity contribution is -0.144. The van der Waals surface area contributed by atoms with Crippen molar-refractivity contribution in [2.45, 2.75) is 38.2 Å². The van der Waals surface area contributed by atoms with Crippen molar-refractivity contribution in [3.05, 3.63) is 65.7 Å². The number of carbonyl (C=O) groups excluding carboxylic acids is 3. The van der Waals surface area contributed by atoms with Crippen molar-refractivity contribution in [1.29, 1.82) is 0 Å². The zero-order chi connectivity index (χ0) is 22.8. The van der Waals surface area contributed by atoms with Crippen LogP contribution in [0.15, 0.2) is 54.6 Å². The Morgan fingerprint density at radius 3 is 2.31 bits per heavy atom. The van der Waals surface area contributed by atoms with E-state index in [-0.39, 0.29) is 36.7 Å². The summed E-state index contributed by atoms with van der Waals surface area (Å²) >= 11 is 0. The number of esters is 1. The van der Waals surface area contributed by atoms with E-state index in [1.165, 1.54) is 12.7 Å². The molecule has 0 saturated carbocycles. The Morgan fingerprint density at radius 1 is 0.969 bits per heavy atom. The highest BCUT2D eigenvalue weighted by atomic mass is 16.5. The van der Waals surface area contributed by atoms with E-state index in [0.29, 0.717) is 30.9 Å². The lowest BCUT2D eigenvalue weighted by atomic mass is 10.1. The molecule has 7 heteroatoms. The predicted octanol–water partition coefficient (Wildman–Crippen LogP) is 2.98. The van der Waals surface area contributed by atoms with Crippen molar-refractivity contribution in [2.75, 3.05) is 26.7 Å². The molecule has 0 aliphatic carbocycles. The summed E-state index contributed by atoms with van der Waals surface area (Å²) in [6, 6.07) is 17.2. The first kappa shape index (κ1) is 23.3. The number of hydrogen-bond donors (Lipinski definition) is 1. The number of likely N-dealkylation sites (tertiary alicyclic amines) is 1. The number of ether oxygens (including phenoxy) is 2. The van der Waals surface area contributed by atoms with Gasteiger partial charge in [-0.2, -0.15) is 0 Å². The molecule has 2 aromatic carbocycles. The average molecular weight is 439 g/mol.